The Morgan fingerprint density at radius 3 is 2.58 bits per heavy atom. The quantitative estimate of drug-likeness (QED) is 0.714. The highest BCUT2D eigenvalue weighted by Gasteiger charge is 2.38. The first-order valence-corrected chi connectivity index (χ1v) is 11.4. The molecule has 1 aromatic heterocycles. The lowest BCUT2D eigenvalue weighted by atomic mass is 9.83. The van der Waals surface area contributed by atoms with Crippen LogP contribution in [0, 0.1) is 0 Å². The van der Waals surface area contributed by atoms with E-state index >= 15 is 0 Å². The molecule has 9 heteroatoms. The molecule has 0 radical (unpaired) electrons. The van der Waals surface area contributed by atoms with Gasteiger partial charge < -0.3 is 14.6 Å². The molecule has 1 saturated heterocycles. The molecule has 0 bridgehead atoms. The van der Waals surface area contributed by atoms with E-state index in [-0.39, 0.29) is 10.6 Å². The number of halogens is 4. The zero-order valence-electron chi connectivity index (χ0n) is 17.5. The summed E-state index contributed by atoms with van der Waals surface area (Å²) >= 11 is 5.72. The van der Waals surface area contributed by atoms with E-state index in [4.69, 9.17) is 11.6 Å². The van der Waals surface area contributed by atoms with Crippen molar-refractivity contribution in [1.29, 1.82) is 0 Å². The van der Waals surface area contributed by atoms with Crippen LogP contribution in [0.25, 0.3) is 0 Å². The Labute approximate surface area is 185 Å². The molecular weight excluding hydrogens is 429 g/mol. The van der Waals surface area contributed by atoms with Gasteiger partial charge in [-0.3, -0.25) is 0 Å². The number of hydrogen-bond acceptors (Lipinski definition) is 4. The van der Waals surface area contributed by atoms with Crippen molar-refractivity contribution in [1.82, 2.24) is 19.7 Å². The third kappa shape index (κ3) is 5.07. The van der Waals surface area contributed by atoms with E-state index in [1.165, 1.54) is 31.4 Å². The average molecular weight is 457 g/mol. The number of likely N-dealkylation sites (tertiary alicyclic amines) is 1. The van der Waals surface area contributed by atoms with Crippen LogP contribution >= 0.6 is 11.6 Å². The maximum Gasteiger partial charge on any atom is 0.417 e. The molecule has 0 unspecified atom stereocenters. The number of fused-ring (bicyclic) bond motifs is 1. The standard InChI is InChI=1S/C22H28ClF3N4O/c23-18-8-7-16(15-17(18)22(24,25)26)21(31)9-13-29(14-10-21)11-4-6-20-28-27-19-5-2-1-3-12-30(19)20/h7-8,15,31H,1-6,9-14H2. The van der Waals surface area contributed by atoms with Gasteiger partial charge in [0.1, 0.15) is 11.6 Å². The first kappa shape index (κ1) is 22.6. The van der Waals surface area contributed by atoms with E-state index in [0.29, 0.717) is 25.9 Å². The molecule has 170 valence electrons. The molecule has 0 saturated carbocycles. The number of aliphatic hydroxyl groups is 1. The van der Waals surface area contributed by atoms with Crippen LogP contribution in [0.15, 0.2) is 18.2 Å². The minimum Gasteiger partial charge on any atom is -0.385 e. The molecule has 5 nitrogen and oxygen atoms in total. The van der Waals surface area contributed by atoms with E-state index in [9.17, 15) is 18.3 Å². The highest BCUT2D eigenvalue weighted by Crippen LogP contribution is 2.40. The van der Waals surface area contributed by atoms with Crippen molar-refractivity contribution in [2.75, 3.05) is 19.6 Å². The first-order valence-electron chi connectivity index (χ1n) is 11.0. The topological polar surface area (TPSA) is 54.2 Å². The summed E-state index contributed by atoms with van der Waals surface area (Å²) in [5, 5.41) is 19.4. The van der Waals surface area contributed by atoms with E-state index in [1.54, 1.807) is 0 Å². The zero-order chi connectivity index (χ0) is 22.1. The van der Waals surface area contributed by atoms with Gasteiger partial charge in [0.05, 0.1) is 16.2 Å². The molecule has 31 heavy (non-hydrogen) atoms. The molecule has 0 atom stereocenters. The number of alkyl halides is 3. The summed E-state index contributed by atoms with van der Waals surface area (Å²) in [5.41, 5.74) is -1.87. The average Bonchev–Trinajstić information content (AvgIpc) is 2.95. The number of aromatic nitrogens is 3. The Kier molecular flexibility index (Phi) is 6.60. The van der Waals surface area contributed by atoms with E-state index in [1.807, 2.05) is 0 Å². The van der Waals surface area contributed by atoms with Gasteiger partial charge in [-0.1, -0.05) is 24.1 Å². The number of benzene rings is 1. The molecule has 2 aliphatic heterocycles. The lowest BCUT2D eigenvalue weighted by Gasteiger charge is -2.38. The zero-order valence-corrected chi connectivity index (χ0v) is 18.2. The fraction of sp³-hybridized carbons (Fsp3) is 0.636. The lowest BCUT2D eigenvalue weighted by molar-refractivity contribution is -0.137. The van der Waals surface area contributed by atoms with Crippen molar-refractivity contribution in [2.45, 2.75) is 69.7 Å². The SMILES string of the molecule is OC1(c2ccc(Cl)c(C(F)(F)F)c2)CCN(CCCc2nnc3n2CCCCC3)CC1. The molecule has 0 aliphatic carbocycles. The summed E-state index contributed by atoms with van der Waals surface area (Å²) in [6.07, 6.45) is 2.63. The van der Waals surface area contributed by atoms with Gasteiger partial charge in [0.2, 0.25) is 0 Å². The molecule has 0 amide bonds. The predicted molar refractivity (Wildman–Crippen MR) is 112 cm³/mol. The number of aryl methyl sites for hydroxylation is 2. The van der Waals surface area contributed by atoms with Crippen LogP contribution in [0.3, 0.4) is 0 Å². The lowest BCUT2D eigenvalue weighted by Crippen LogP contribution is -2.43. The second kappa shape index (κ2) is 9.08. The van der Waals surface area contributed by atoms with Crippen LogP contribution in [0.4, 0.5) is 13.2 Å². The first-order chi connectivity index (χ1) is 14.8. The third-order valence-electron chi connectivity index (χ3n) is 6.55. The van der Waals surface area contributed by atoms with Crippen LogP contribution in [-0.4, -0.2) is 44.4 Å². The fourth-order valence-corrected chi connectivity index (χ4v) is 4.88. The Morgan fingerprint density at radius 1 is 1.06 bits per heavy atom. The van der Waals surface area contributed by atoms with Crippen molar-refractivity contribution in [3.63, 3.8) is 0 Å². The largest absolute Gasteiger partial charge is 0.417 e. The molecule has 3 heterocycles. The van der Waals surface area contributed by atoms with Gasteiger partial charge in [-0.05, 0) is 56.3 Å². The van der Waals surface area contributed by atoms with Crippen LogP contribution in [0.2, 0.25) is 5.02 Å². The van der Waals surface area contributed by atoms with Crippen LogP contribution in [0.5, 0.6) is 0 Å². The highest BCUT2D eigenvalue weighted by atomic mass is 35.5. The Morgan fingerprint density at radius 2 is 1.84 bits per heavy atom. The number of piperidine rings is 1. The van der Waals surface area contributed by atoms with Crippen molar-refractivity contribution >= 4 is 11.6 Å². The minimum atomic E-state index is -4.54. The normalized spacial score (nSPS) is 19.8. The van der Waals surface area contributed by atoms with E-state index in [2.05, 4.69) is 19.7 Å². The van der Waals surface area contributed by atoms with Gasteiger partial charge in [-0.15, -0.1) is 10.2 Å². The monoisotopic (exact) mass is 456 g/mol. The summed E-state index contributed by atoms with van der Waals surface area (Å²) < 4.78 is 41.8. The predicted octanol–water partition coefficient (Wildman–Crippen LogP) is 4.59. The molecule has 1 fully saturated rings. The van der Waals surface area contributed by atoms with Gasteiger partial charge in [-0.25, -0.2) is 0 Å². The molecule has 1 N–H and O–H groups in total. The smallest absolute Gasteiger partial charge is 0.385 e. The van der Waals surface area contributed by atoms with Crippen LogP contribution in [0.1, 0.15) is 61.3 Å². The third-order valence-corrected chi connectivity index (χ3v) is 6.88. The summed E-state index contributed by atoms with van der Waals surface area (Å²) in [5.74, 6) is 2.14. The molecule has 2 aliphatic rings. The van der Waals surface area contributed by atoms with E-state index in [0.717, 1.165) is 50.1 Å². The second-order valence-corrected chi connectivity index (χ2v) is 9.07. The molecule has 4 rings (SSSR count). The van der Waals surface area contributed by atoms with Gasteiger partial charge in [0.25, 0.3) is 0 Å². The summed E-state index contributed by atoms with van der Waals surface area (Å²) in [6.45, 7) is 3.14. The Bertz CT molecular complexity index is 907. The summed E-state index contributed by atoms with van der Waals surface area (Å²) in [6, 6.07) is 3.73. The number of rotatable bonds is 5. The highest BCUT2D eigenvalue weighted by molar-refractivity contribution is 6.31. The van der Waals surface area contributed by atoms with Gasteiger partial charge in [0, 0.05) is 32.5 Å². The number of nitrogens with zero attached hydrogens (tertiary/aromatic N) is 4. The molecule has 2 aromatic rings. The van der Waals surface area contributed by atoms with Crippen molar-refractivity contribution in [3.8, 4) is 0 Å². The van der Waals surface area contributed by atoms with Gasteiger partial charge in [-0.2, -0.15) is 13.2 Å². The van der Waals surface area contributed by atoms with Crippen LogP contribution in [-0.2, 0) is 31.2 Å². The maximum atomic E-state index is 13.2. The second-order valence-electron chi connectivity index (χ2n) is 8.66. The minimum absolute atomic E-state index is 0.287. The van der Waals surface area contributed by atoms with Crippen molar-refractivity contribution in [2.24, 2.45) is 0 Å². The Hall–Kier alpha value is -1.64. The van der Waals surface area contributed by atoms with Crippen molar-refractivity contribution in [3.05, 3.63) is 46.0 Å². The fourth-order valence-electron chi connectivity index (χ4n) is 4.66. The summed E-state index contributed by atoms with van der Waals surface area (Å²) in [4.78, 5) is 2.26. The number of hydrogen-bond donors (Lipinski definition) is 1. The molecular formula is C22H28ClF3N4O. The van der Waals surface area contributed by atoms with E-state index < -0.39 is 17.3 Å². The Balaban J connectivity index is 1.31. The molecule has 0 spiro atoms. The summed E-state index contributed by atoms with van der Waals surface area (Å²) in [7, 11) is 0. The maximum absolute atomic E-state index is 13.2. The van der Waals surface area contributed by atoms with Crippen LogP contribution < -0.4 is 0 Å². The van der Waals surface area contributed by atoms with Crippen molar-refractivity contribution < 1.29 is 18.3 Å². The molecule has 1 aromatic carbocycles. The van der Waals surface area contributed by atoms with Gasteiger partial charge >= 0.3 is 6.18 Å². The van der Waals surface area contributed by atoms with Gasteiger partial charge in [0.15, 0.2) is 0 Å².